The number of nitrogens with two attached hydrogens (primary N) is 1. The van der Waals surface area contributed by atoms with Gasteiger partial charge < -0.3 is 19.6 Å². The molecule has 214 valence electrons. The Hall–Kier alpha value is -1.04. The average Bonchev–Trinajstić information content (AvgIpc) is 3.59. The molecule has 2 fully saturated rings. The zero-order valence-corrected chi connectivity index (χ0v) is 25.7. The Morgan fingerprint density at radius 1 is 1.24 bits per heavy atom. The molecule has 10 heteroatoms. The molecule has 2 saturated carbocycles. The van der Waals surface area contributed by atoms with Crippen molar-refractivity contribution in [3.05, 3.63) is 29.6 Å². The van der Waals surface area contributed by atoms with Crippen LogP contribution in [0.15, 0.2) is 18.2 Å². The number of hydrogen-bond donors (Lipinski definition) is 2. The summed E-state index contributed by atoms with van der Waals surface area (Å²) in [7, 11) is -1.28. The molecule has 0 saturated heterocycles. The molecule has 1 aromatic heterocycles. The molecule has 2 aliphatic rings. The van der Waals surface area contributed by atoms with Gasteiger partial charge in [0.15, 0.2) is 0 Å². The third-order valence-electron chi connectivity index (χ3n) is 7.75. The minimum atomic E-state index is -2.74. The molecular weight excluding hydrogens is 522 g/mol. The van der Waals surface area contributed by atoms with Crippen LogP contribution in [0.2, 0.25) is 25.7 Å². The highest BCUT2D eigenvalue weighted by Gasteiger charge is 2.44. The van der Waals surface area contributed by atoms with Crippen LogP contribution >= 0.6 is 0 Å². The second kappa shape index (κ2) is 11.4. The minimum absolute atomic E-state index is 0.0275. The van der Waals surface area contributed by atoms with Gasteiger partial charge in [-0.15, -0.1) is 4.72 Å². The Morgan fingerprint density at radius 3 is 2.55 bits per heavy atom. The second-order valence-electron chi connectivity index (χ2n) is 13.5. The standard InChI is InChI=1S/C28H46F2N4O2SSi/c1-27(2,3)37(35)33-25(21-8-7-13-28(29,30)17-21)26-32-22-16-20(24(31)19-9-10-19)11-12-23(22)34(26)18-36-14-15-38(4,5)6/h11-12,16,19,21,24-25,33H,7-10,13-15,17-18,31H2,1-6H3/t21-,24-,25+,37-/m1/s1. The van der Waals surface area contributed by atoms with Gasteiger partial charge in [0.05, 0.1) is 11.0 Å². The number of nitrogens with one attached hydrogen (secondary N) is 1. The van der Waals surface area contributed by atoms with Gasteiger partial charge >= 0.3 is 0 Å². The summed E-state index contributed by atoms with van der Waals surface area (Å²) in [5.74, 6) is -2.01. The number of imidazole rings is 1. The number of aromatic nitrogens is 2. The molecule has 0 bridgehead atoms. The highest BCUT2D eigenvalue weighted by atomic mass is 32.2. The third kappa shape index (κ3) is 7.57. The number of fused-ring (bicyclic) bond motifs is 1. The molecule has 4 rings (SSSR count). The zero-order chi connectivity index (χ0) is 27.9. The summed E-state index contributed by atoms with van der Waals surface area (Å²) in [6.07, 6.45) is 3.01. The summed E-state index contributed by atoms with van der Waals surface area (Å²) in [5, 5.41) is 0. The van der Waals surface area contributed by atoms with E-state index < -0.39 is 42.1 Å². The van der Waals surface area contributed by atoms with Gasteiger partial charge in [0, 0.05) is 44.9 Å². The normalized spacial score (nSPS) is 22.9. The molecule has 6 nitrogen and oxygen atoms in total. The molecule has 0 unspecified atom stereocenters. The summed E-state index contributed by atoms with van der Waals surface area (Å²) in [6, 6.07) is 6.53. The number of alkyl halides is 2. The maximum absolute atomic E-state index is 14.6. The lowest BCUT2D eigenvalue weighted by molar-refractivity contribution is -0.0580. The van der Waals surface area contributed by atoms with Crippen molar-refractivity contribution in [1.82, 2.24) is 14.3 Å². The van der Waals surface area contributed by atoms with Crippen molar-refractivity contribution < 1.29 is 18.1 Å². The van der Waals surface area contributed by atoms with Gasteiger partial charge in [-0.25, -0.2) is 13.8 Å². The molecule has 0 radical (unpaired) electrons. The number of nitrogens with zero attached hydrogens (tertiary/aromatic N) is 2. The Balaban J connectivity index is 1.74. The smallest absolute Gasteiger partial charge is 0.248 e. The van der Waals surface area contributed by atoms with Gasteiger partial charge in [0.1, 0.15) is 23.3 Å². The number of rotatable bonds is 11. The minimum Gasteiger partial charge on any atom is -0.598 e. The average molecular weight is 569 g/mol. The second-order valence-corrected chi connectivity index (χ2v) is 21.2. The van der Waals surface area contributed by atoms with E-state index in [2.05, 4.69) is 30.4 Å². The molecule has 2 aliphatic carbocycles. The van der Waals surface area contributed by atoms with Crippen LogP contribution < -0.4 is 10.5 Å². The predicted molar refractivity (Wildman–Crippen MR) is 154 cm³/mol. The Labute approximate surface area is 230 Å². The predicted octanol–water partition coefficient (Wildman–Crippen LogP) is 6.68. The van der Waals surface area contributed by atoms with Crippen molar-refractivity contribution in [3.63, 3.8) is 0 Å². The van der Waals surface area contributed by atoms with Crippen LogP contribution in [0.3, 0.4) is 0 Å². The maximum atomic E-state index is 14.6. The summed E-state index contributed by atoms with van der Waals surface area (Å²) in [6.45, 7) is 13.5. The highest BCUT2D eigenvalue weighted by molar-refractivity contribution is 7.90. The van der Waals surface area contributed by atoms with E-state index in [1.165, 1.54) is 0 Å². The van der Waals surface area contributed by atoms with E-state index in [0.717, 1.165) is 35.5 Å². The Morgan fingerprint density at radius 2 is 1.95 bits per heavy atom. The quantitative estimate of drug-likeness (QED) is 0.179. The summed E-state index contributed by atoms with van der Waals surface area (Å²) >= 11 is -1.46. The SMILES string of the molecule is CC(C)(C)[S@@+]([O-])N[C@H](c1nc2cc([C@H](N)C3CC3)ccc2n1COCC[Si](C)(C)C)[C@@H]1CCCC(F)(F)C1. The Bertz CT molecular complexity index is 1100. The summed E-state index contributed by atoms with van der Waals surface area (Å²) < 4.78 is 53.4. The van der Waals surface area contributed by atoms with E-state index in [-0.39, 0.29) is 25.6 Å². The first-order valence-electron chi connectivity index (χ1n) is 14.0. The first kappa shape index (κ1) is 29.9. The monoisotopic (exact) mass is 568 g/mol. The fourth-order valence-corrected chi connectivity index (χ4v) is 6.79. The van der Waals surface area contributed by atoms with Crippen LogP contribution in [-0.4, -0.2) is 39.5 Å². The molecule has 0 amide bonds. The molecule has 38 heavy (non-hydrogen) atoms. The van der Waals surface area contributed by atoms with Crippen molar-refractivity contribution in [1.29, 1.82) is 0 Å². The zero-order valence-electron chi connectivity index (χ0n) is 23.9. The van der Waals surface area contributed by atoms with Gasteiger partial charge in [-0.05, 0) is 82.0 Å². The molecule has 0 spiro atoms. The Kier molecular flexibility index (Phi) is 9.01. The van der Waals surface area contributed by atoms with Crippen molar-refractivity contribution in [2.24, 2.45) is 17.6 Å². The van der Waals surface area contributed by atoms with E-state index in [1.54, 1.807) is 0 Å². The number of halogens is 2. The van der Waals surface area contributed by atoms with Crippen LogP contribution in [0, 0.1) is 11.8 Å². The summed E-state index contributed by atoms with van der Waals surface area (Å²) in [5.41, 5.74) is 9.21. The molecule has 1 aromatic carbocycles. The van der Waals surface area contributed by atoms with Gasteiger partial charge in [-0.3, -0.25) is 0 Å². The van der Waals surface area contributed by atoms with E-state index >= 15 is 0 Å². The van der Waals surface area contributed by atoms with Crippen LogP contribution in [0.4, 0.5) is 8.78 Å². The van der Waals surface area contributed by atoms with Crippen LogP contribution in [0.5, 0.6) is 0 Å². The fourth-order valence-electron chi connectivity index (χ4n) is 5.15. The number of ether oxygens (including phenoxy) is 1. The topological polar surface area (TPSA) is 88.2 Å². The maximum Gasteiger partial charge on any atom is 0.248 e. The van der Waals surface area contributed by atoms with Gasteiger partial charge in [0.2, 0.25) is 5.92 Å². The lowest BCUT2D eigenvalue weighted by atomic mass is 9.81. The van der Waals surface area contributed by atoms with Crippen molar-refractivity contribution in [3.8, 4) is 0 Å². The van der Waals surface area contributed by atoms with E-state index in [1.807, 2.05) is 37.5 Å². The third-order valence-corrected chi connectivity index (χ3v) is 11.0. The molecule has 2 aromatic rings. The lowest BCUT2D eigenvalue weighted by Crippen LogP contribution is -2.45. The van der Waals surface area contributed by atoms with Gasteiger partial charge in [0.25, 0.3) is 0 Å². The molecule has 1 heterocycles. The van der Waals surface area contributed by atoms with E-state index in [4.69, 9.17) is 15.5 Å². The van der Waals surface area contributed by atoms with Crippen molar-refractivity contribution >= 4 is 30.5 Å². The number of benzene rings is 1. The van der Waals surface area contributed by atoms with Gasteiger partial charge in [-0.1, -0.05) is 25.7 Å². The van der Waals surface area contributed by atoms with Crippen molar-refractivity contribution in [2.45, 2.75) is 114 Å². The number of hydrogen-bond acceptors (Lipinski definition) is 5. The molecular formula is C28H46F2N4O2SSi. The lowest BCUT2D eigenvalue weighted by Gasteiger charge is -2.36. The first-order chi connectivity index (χ1) is 17.6. The first-order valence-corrected chi connectivity index (χ1v) is 18.9. The van der Waals surface area contributed by atoms with Crippen LogP contribution in [0.25, 0.3) is 11.0 Å². The van der Waals surface area contributed by atoms with Crippen LogP contribution in [0.1, 0.15) is 82.8 Å². The highest BCUT2D eigenvalue weighted by Crippen LogP contribution is 2.44. The van der Waals surface area contributed by atoms with E-state index in [9.17, 15) is 13.3 Å². The fraction of sp³-hybridized carbons (Fsp3) is 0.750. The molecule has 0 aliphatic heterocycles. The molecule has 3 N–H and O–H groups in total. The van der Waals surface area contributed by atoms with E-state index in [0.29, 0.717) is 31.2 Å². The van der Waals surface area contributed by atoms with Gasteiger partial charge in [-0.2, -0.15) is 0 Å². The van der Waals surface area contributed by atoms with Crippen LogP contribution in [-0.2, 0) is 22.8 Å². The molecule has 4 atom stereocenters. The summed E-state index contributed by atoms with van der Waals surface area (Å²) in [4.78, 5) is 5.02. The van der Waals surface area contributed by atoms with Crippen molar-refractivity contribution in [2.75, 3.05) is 6.61 Å². The largest absolute Gasteiger partial charge is 0.598 e.